The third-order valence-electron chi connectivity index (χ3n) is 4.37. The number of anilines is 1. The van der Waals surface area contributed by atoms with Crippen LogP contribution in [0.4, 0.5) is 10.5 Å². The molecule has 0 saturated heterocycles. The molecule has 1 aliphatic heterocycles. The van der Waals surface area contributed by atoms with E-state index in [0.717, 1.165) is 4.90 Å². The van der Waals surface area contributed by atoms with E-state index in [-0.39, 0.29) is 12.3 Å². The second-order valence-corrected chi connectivity index (χ2v) is 7.77. The molecule has 0 saturated carbocycles. The van der Waals surface area contributed by atoms with E-state index in [9.17, 15) is 24.5 Å². The average molecular weight is 392 g/mol. The van der Waals surface area contributed by atoms with Crippen LogP contribution in [0.2, 0.25) is 0 Å². The van der Waals surface area contributed by atoms with Crippen LogP contribution in [0.1, 0.15) is 46.1 Å². The number of para-hydroxylation sites is 1. The topological polar surface area (TPSA) is 116 Å². The van der Waals surface area contributed by atoms with Gasteiger partial charge in [-0.15, -0.1) is 0 Å². The van der Waals surface area contributed by atoms with Crippen LogP contribution in [-0.2, 0) is 19.1 Å². The van der Waals surface area contributed by atoms with Crippen LogP contribution in [0.5, 0.6) is 0 Å². The molecule has 0 unspecified atom stereocenters. The molecule has 152 valence electrons. The minimum Gasteiger partial charge on any atom is -0.465 e. The zero-order valence-electron chi connectivity index (χ0n) is 16.6. The van der Waals surface area contributed by atoms with Gasteiger partial charge in [0.05, 0.1) is 18.2 Å². The highest BCUT2D eigenvalue weighted by Gasteiger charge is 2.57. The Labute approximate surface area is 162 Å². The number of nitro groups is 1. The van der Waals surface area contributed by atoms with E-state index >= 15 is 0 Å². The summed E-state index contributed by atoms with van der Waals surface area (Å²) in [5.74, 6) is -2.88. The zero-order chi connectivity index (χ0) is 21.3. The molecular weight excluding hydrogens is 368 g/mol. The van der Waals surface area contributed by atoms with Gasteiger partial charge in [0.25, 0.3) is 0 Å². The third kappa shape index (κ3) is 3.97. The van der Waals surface area contributed by atoms with Gasteiger partial charge in [0, 0.05) is 4.92 Å². The lowest BCUT2D eigenvalue weighted by molar-refractivity contribution is -0.494. The van der Waals surface area contributed by atoms with Crippen LogP contribution in [0.3, 0.4) is 0 Å². The first-order valence-corrected chi connectivity index (χ1v) is 8.87. The fourth-order valence-electron chi connectivity index (χ4n) is 3.27. The van der Waals surface area contributed by atoms with E-state index in [1.807, 2.05) is 0 Å². The normalized spacial score (nSPS) is 18.2. The highest BCUT2D eigenvalue weighted by Crippen LogP contribution is 2.48. The molecule has 0 spiro atoms. The lowest BCUT2D eigenvalue weighted by Gasteiger charge is -2.29. The Morgan fingerprint density at radius 1 is 1.21 bits per heavy atom. The predicted octanol–water partition coefficient (Wildman–Crippen LogP) is 2.90. The second kappa shape index (κ2) is 7.57. The highest BCUT2D eigenvalue weighted by atomic mass is 16.6. The Morgan fingerprint density at radius 3 is 2.36 bits per heavy atom. The summed E-state index contributed by atoms with van der Waals surface area (Å²) in [5.41, 5.74) is -2.06. The van der Waals surface area contributed by atoms with Crippen molar-refractivity contribution < 1.29 is 28.8 Å². The van der Waals surface area contributed by atoms with Crippen molar-refractivity contribution in [1.29, 1.82) is 0 Å². The van der Waals surface area contributed by atoms with E-state index in [2.05, 4.69) is 0 Å². The highest BCUT2D eigenvalue weighted by molar-refractivity contribution is 6.20. The van der Waals surface area contributed by atoms with Crippen LogP contribution >= 0.6 is 0 Å². The van der Waals surface area contributed by atoms with Crippen molar-refractivity contribution in [2.45, 2.75) is 46.1 Å². The summed E-state index contributed by atoms with van der Waals surface area (Å²) in [5, 5.41) is 11.3. The standard InChI is InChI=1S/C19H24N2O7/c1-6-27-16(23)19(5,11-20(25)26)14-12-9-7-8-10-13(12)21(15(14)22)17(24)28-18(2,3)4/h7-10,14H,6,11H2,1-5H3/t14-,19+/m1/s1. The maximum Gasteiger partial charge on any atom is 0.421 e. The van der Waals surface area contributed by atoms with Crippen molar-refractivity contribution >= 4 is 23.7 Å². The van der Waals surface area contributed by atoms with Gasteiger partial charge >= 0.3 is 12.1 Å². The molecule has 2 rings (SSSR count). The number of rotatable bonds is 5. The van der Waals surface area contributed by atoms with Crippen molar-refractivity contribution in [3.8, 4) is 0 Å². The number of benzene rings is 1. The molecule has 1 aromatic carbocycles. The fourth-order valence-corrected chi connectivity index (χ4v) is 3.27. The smallest absolute Gasteiger partial charge is 0.421 e. The van der Waals surface area contributed by atoms with Crippen molar-refractivity contribution in [1.82, 2.24) is 0 Å². The molecule has 9 nitrogen and oxygen atoms in total. The third-order valence-corrected chi connectivity index (χ3v) is 4.37. The molecule has 1 heterocycles. The first-order valence-electron chi connectivity index (χ1n) is 8.87. The van der Waals surface area contributed by atoms with Crippen LogP contribution in [0.15, 0.2) is 24.3 Å². The maximum atomic E-state index is 13.2. The number of carbonyl (C=O) groups excluding carboxylic acids is 3. The second-order valence-electron chi connectivity index (χ2n) is 7.77. The first kappa shape index (κ1) is 21.3. The van der Waals surface area contributed by atoms with E-state index < -0.39 is 46.4 Å². The Bertz CT molecular complexity index is 815. The molecule has 1 aliphatic rings. The monoisotopic (exact) mass is 392 g/mol. The fraction of sp³-hybridized carbons (Fsp3) is 0.526. The van der Waals surface area contributed by atoms with E-state index in [1.54, 1.807) is 45.9 Å². The number of hydrogen-bond acceptors (Lipinski definition) is 7. The largest absolute Gasteiger partial charge is 0.465 e. The van der Waals surface area contributed by atoms with Crippen LogP contribution in [0.25, 0.3) is 0 Å². The molecule has 0 bridgehead atoms. The van der Waals surface area contributed by atoms with E-state index in [1.165, 1.54) is 13.0 Å². The van der Waals surface area contributed by atoms with Gasteiger partial charge in [-0.05, 0) is 46.2 Å². The summed E-state index contributed by atoms with van der Waals surface area (Å²) >= 11 is 0. The summed E-state index contributed by atoms with van der Waals surface area (Å²) in [4.78, 5) is 50.0. The minimum atomic E-state index is -1.79. The molecule has 1 aromatic rings. The number of esters is 1. The molecule has 0 N–H and O–H groups in total. The van der Waals surface area contributed by atoms with Gasteiger partial charge in [-0.1, -0.05) is 18.2 Å². The Morgan fingerprint density at radius 2 is 1.82 bits per heavy atom. The summed E-state index contributed by atoms with van der Waals surface area (Å²) < 4.78 is 10.3. The van der Waals surface area contributed by atoms with Crippen molar-refractivity contribution in [3.63, 3.8) is 0 Å². The Hall–Kier alpha value is -2.97. The molecule has 0 aromatic heterocycles. The number of carbonyl (C=O) groups is 3. The maximum absolute atomic E-state index is 13.2. The van der Waals surface area contributed by atoms with Gasteiger partial charge in [0.15, 0.2) is 0 Å². The van der Waals surface area contributed by atoms with E-state index in [4.69, 9.17) is 9.47 Å². The van der Waals surface area contributed by atoms with Gasteiger partial charge < -0.3 is 9.47 Å². The van der Waals surface area contributed by atoms with Gasteiger partial charge in [-0.3, -0.25) is 19.7 Å². The van der Waals surface area contributed by atoms with E-state index in [0.29, 0.717) is 5.56 Å². The minimum absolute atomic E-state index is 0.00444. The summed E-state index contributed by atoms with van der Waals surface area (Å²) in [6.45, 7) is 7.04. The first-order chi connectivity index (χ1) is 12.9. The van der Waals surface area contributed by atoms with Crippen molar-refractivity contribution in [3.05, 3.63) is 39.9 Å². The number of hydrogen-bond donors (Lipinski definition) is 0. The number of nitrogens with zero attached hydrogens (tertiary/aromatic N) is 2. The van der Waals surface area contributed by atoms with Crippen LogP contribution in [-0.4, -0.2) is 41.6 Å². The summed E-state index contributed by atoms with van der Waals surface area (Å²) in [6.07, 6.45) is -0.903. The SMILES string of the molecule is CCOC(=O)[C@@](C)(C[N+](=O)[O-])[C@H]1C(=O)N(C(=O)OC(C)(C)C)c2ccccc21. The molecule has 2 amide bonds. The summed E-state index contributed by atoms with van der Waals surface area (Å²) in [7, 11) is 0. The summed E-state index contributed by atoms with van der Waals surface area (Å²) in [6, 6.07) is 6.37. The molecule has 28 heavy (non-hydrogen) atoms. The van der Waals surface area contributed by atoms with Gasteiger partial charge in [-0.2, -0.15) is 0 Å². The quantitative estimate of drug-likeness (QED) is 0.430. The molecular formula is C19H24N2O7. The van der Waals surface area contributed by atoms with Crippen LogP contribution in [0, 0.1) is 15.5 Å². The predicted molar refractivity (Wildman–Crippen MR) is 99.5 cm³/mol. The van der Waals surface area contributed by atoms with Gasteiger partial charge in [0.2, 0.25) is 12.5 Å². The Kier molecular flexibility index (Phi) is 5.77. The van der Waals surface area contributed by atoms with Gasteiger partial charge in [0.1, 0.15) is 11.0 Å². The number of amides is 2. The van der Waals surface area contributed by atoms with Gasteiger partial charge in [-0.25, -0.2) is 9.69 Å². The molecule has 2 atom stereocenters. The molecule has 9 heteroatoms. The van der Waals surface area contributed by atoms with Crippen LogP contribution < -0.4 is 4.90 Å². The molecule has 0 radical (unpaired) electrons. The molecule has 0 fully saturated rings. The lowest BCUT2D eigenvalue weighted by atomic mass is 9.73. The number of ether oxygens (including phenoxy) is 2. The number of imide groups is 1. The molecule has 0 aliphatic carbocycles. The van der Waals surface area contributed by atoms with Crippen molar-refractivity contribution in [2.75, 3.05) is 18.1 Å². The average Bonchev–Trinajstić information content (AvgIpc) is 2.85. The Balaban J connectivity index is 2.58. The zero-order valence-corrected chi connectivity index (χ0v) is 16.6. The van der Waals surface area contributed by atoms with Crippen molar-refractivity contribution in [2.24, 2.45) is 5.41 Å². The lowest BCUT2D eigenvalue weighted by Crippen LogP contribution is -2.47. The number of fused-ring (bicyclic) bond motifs is 1.